The number of ether oxygens (including phenoxy) is 2. The number of nitro groups is 1. The molecule has 1 heterocycles. The summed E-state index contributed by atoms with van der Waals surface area (Å²) < 4.78 is 39.1. The second-order valence-electron chi connectivity index (χ2n) is 7.59. The van der Waals surface area contributed by atoms with Crippen LogP contribution in [0.5, 0.6) is 5.75 Å². The summed E-state index contributed by atoms with van der Waals surface area (Å²) >= 11 is 5.88. The summed E-state index contributed by atoms with van der Waals surface area (Å²) in [4.78, 5) is 12.7. The van der Waals surface area contributed by atoms with Crippen LogP contribution in [-0.2, 0) is 21.3 Å². The second kappa shape index (κ2) is 11.8. The third kappa shape index (κ3) is 6.87. The average molecular weight is 498 g/mol. The molecular weight excluding hydrogens is 470 g/mol. The van der Waals surface area contributed by atoms with Crippen molar-refractivity contribution in [2.24, 2.45) is 0 Å². The van der Waals surface area contributed by atoms with Crippen molar-refractivity contribution in [1.29, 1.82) is 0 Å². The maximum Gasteiger partial charge on any atom is 0.289 e. The van der Waals surface area contributed by atoms with Gasteiger partial charge in [-0.2, -0.15) is 4.31 Å². The lowest BCUT2D eigenvalue weighted by atomic mass is 10.2. The van der Waals surface area contributed by atoms with E-state index in [1.807, 2.05) is 19.1 Å². The highest BCUT2D eigenvalue weighted by atomic mass is 35.5. The number of benzene rings is 2. The molecule has 1 saturated heterocycles. The molecule has 0 spiro atoms. The molecular formula is C22H28ClN3O6S. The summed E-state index contributed by atoms with van der Waals surface area (Å²) in [5, 5.41) is 11.2. The fraction of sp³-hybridized carbons (Fsp3) is 0.455. The van der Waals surface area contributed by atoms with Crippen LogP contribution >= 0.6 is 11.6 Å². The Morgan fingerprint density at radius 3 is 2.52 bits per heavy atom. The Morgan fingerprint density at radius 2 is 1.88 bits per heavy atom. The van der Waals surface area contributed by atoms with Gasteiger partial charge >= 0.3 is 0 Å². The minimum absolute atomic E-state index is 0.107. The van der Waals surface area contributed by atoms with E-state index >= 15 is 0 Å². The van der Waals surface area contributed by atoms with E-state index in [4.69, 9.17) is 21.1 Å². The van der Waals surface area contributed by atoms with E-state index in [2.05, 4.69) is 4.90 Å². The van der Waals surface area contributed by atoms with Crippen molar-refractivity contribution in [2.75, 3.05) is 46.0 Å². The molecule has 11 heteroatoms. The van der Waals surface area contributed by atoms with Gasteiger partial charge in [-0.25, -0.2) is 8.42 Å². The zero-order valence-electron chi connectivity index (χ0n) is 18.5. The van der Waals surface area contributed by atoms with E-state index in [0.717, 1.165) is 31.3 Å². The molecule has 9 nitrogen and oxygen atoms in total. The van der Waals surface area contributed by atoms with Crippen LogP contribution in [-0.4, -0.2) is 68.5 Å². The predicted molar refractivity (Wildman–Crippen MR) is 125 cm³/mol. The third-order valence-corrected chi connectivity index (χ3v) is 7.49. The number of hydrogen-bond acceptors (Lipinski definition) is 7. The van der Waals surface area contributed by atoms with Crippen molar-refractivity contribution in [3.63, 3.8) is 0 Å². The molecule has 0 N–H and O–H groups in total. The fourth-order valence-corrected chi connectivity index (χ4v) is 5.26. The Balaban J connectivity index is 1.82. The molecule has 0 bridgehead atoms. The first-order chi connectivity index (χ1) is 15.8. The van der Waals surface area contributed by atoms with Crippen LogP contribution in [0.2, 0.25) is 5.02 Å². The third-order valence-electron chi connectivity index (χ3n) is 5.33. The maximum atomic E-state index is 13.5. The average Bonchev–Trinajstić information content (AvgIpc) is 2.80. The van der Waals surface area contributed by atoms with Crippen LogP contribution in [0.25, 0.3) is 0 Å². The summed E-state index contributed by atoms with van der Waals surface area (Å²) in [6.45, 7) is 6.53. The highest BCUT2D eigenvalue weighted by molar-refractivity contribution is 7.89. The highest BCUT2D eigenvalue weighted by Gasteiger charge is 2.27. The van der Waals surface area contributed by atoms with Crippen LogP contribution in [0.4, 0.5) is 5.69 Å². The van der Waals surface area contributed by atoms with Crippen LogP contribution in [0.1, 0.15) is 18.9 Å². The second-order valence-corrected chi connectivity index (χ2v) is 9.94. The quantitative estimate of drug-likeness (QED) is 0.345. The Kier molecular flexibility index (Phi) is 9.04. The SMILES string of the molecule is CCOc1ccc(CN(CCCN2CCOCC2)S(=O)(=O)c2ccc(Cl)c([N+](=O)[O-])c2)cc1. The molecule has 3 rings (SSSR count). The molecule has 0 amide bonds. The van der Waals surface area contributed by atoms with E-state index in [0.29, 0.717) is 32.0 Å². The summed E-state index contributed by atoms with van der Waals surface area (Å²) in [6.07, 6.45) is 0.617. The van der Waals surface area contributed by atoms with Crippen molar-refractivity contribution in [3.05, 3.63) is 63.2 Å². The molecule has 0 unspecified atom stereocenters. The zero-order chi connectivity index (χ0) is 23.8. The normalized spacial score (nSPS) is 15.0. The molecule has 0 atom stereocenters. The van der Waals surface area contributed by atoms with Crippen molar-refractivity contribution in [2.45, 2.75) is 24.8 Å². The van der Waals surface area contributed by atoms with Gasteiger partial charge in [-0.1, -0.05) is 23.7 Å². The summed E-state index contributed by atoms with van der Waals surface area (Å²) in [5.41, 5.74) is 0.351. The number of morpholine rings is 1. The van der Waals surface area contributed by atoms with Gasteiger partial charge in [0, 0.05) is 32.2 Å². The molecule has 2 aromatic carbocycles. The van der Waals surface area contributed by atoms with Crippen molar-refractivity contribution in [3.8, 4) is 5.75 Å². The molecule has 2 aromatic rings. The van der Waals surface area contributed by atoms with E-state index < -0.39 is 20.6 Å². The number of halogens is 1. The molecule has 0 saturated carbocycles. The Hall–Kier alpha value is -2.24. The Morgan fingerprint density at radius 1 is 1.18 bits per heavy atom. The van der Waals surface area contributed by atoms with Gasteiger partial charge in [0.2, 0.25) is 10.0 Å². The summed E-state index contributed by atoms with van der Waals surface area (Å²) in [7, 11) is -4.00. The molecule has 33 heavy (non-hydrogen) atoms. The summed E-state index contributed by atoms with van der Waals surface area (Å²) in [5.74, 6) is 0.705. The van der Waals surface area contributed by atoms with Gasteiger partial charge in [-0.3, -0.25) is 15.0 Å². The van der Waals surface area contributed by atoms with E-state index in [1.54, 1.807) is 12.1 Å². The minimum Gasteiger partial charge on any atom is -0.494 e. The smallest absolute Gasteiger partial charge is 0.289 e. The Labute approximate surface area is 199 Å². The molecule has 180 valence electrons. The number of nitrogens with zero attached hydrogens (tertiary/aromatic N) is 3. The summed E-state index contributed by atoms with van der Waals surface area (Å²) in [6, 6.07) is 10.8. The molecule has 1 aliphatic heterocycles. The number of nitro benzene ring substituents is 1. The van der Waals surface area contributed by atoms with E-state index in [1.165, 1.54) is 16.4 Å². The first-order valence-corrected chi connectivity index (χ1v) is 12.6. The lowest BCUT2D eigenvalue weighted by Crippen LogP contribution is -2.39. The molecule has 0 aliphatic carbocycles. The predicted octanol–water partition coefficient (Wildman–Crippen LogP) is 3.56. The van der Waals surface area contributed by atoms with Gasteiger partial charge in [0.05, 0.1) is 29.6 Å². The lowest BCUT2D eigenvalue weighted by molar-refractivity contribution is -0.384. The first kappa shape index (κ1) is 25.4. The van der Waals surface area contributed by atoms with Gasteiger partial charge in [-0.05, 0) is 49.7 Å². The fourth-order valence-electron chi connectivity index (χ4n) is 3.58. The highest BCUT2D eigenvalue weighted by Crippen LogP contribution is 2.29. The largest absolute Gasteiger partial charge is 0.494 e. The molecule has 1 fully saturated rings. The van der Waals surface area contributed by atoms with E-state index in [-0.39, 0.29) is 23.0 Å². The van der Waals surface area contributed by atoms with Gasteiger partial charge in [-0.15, -0.1) is 0 Å². The number of rotatable bonds is 11. The maximum absolute atomic E-state index is 13.5. The lowest BCUT2D eigenvalue weighted by Gasteiger charge is -2.28. The number of sulfonamides is 1. The van der Waals surface area contributed by atoms with Crippen LogP contribution in [0.15, 0.2) is 47.4 Å². The van der Waals surface area contributed by atoms with Gasteiger partial charge < -0.3 is 9.47 Å². The minimum atomic E-state index is -4.00. The van der Waals surface area contributed by atoms with Crippen molar-refractivity contribution in [1.82, 2.24) is 9.21 Å². The van der Waals surface area contributed by atoms with Crippen molar-refractivity contribution >= 4 is 27.3 Å². The zero-order valence-corrected chi connectivity index (χ0v) is 20.1. The Bertz CT molecular complexity index is 1040. The van der Waals surface area contributed by atoms with Gasteiger partial charge in [0.25, 0.3) is 5.69 Å². The number of hydrogen-bond donors (Lipinski definition) is 0. The van der Waals surface area contributed by atoms with Gasteiger partial charge in [0.15, 0.2) is 0 Å². The van der Waals surface area contributed by atoms with Crippen LogP contribution < -0.4 is 4.74 Å². The molecule has 0 radical (unpaired) electrons. The topological polar surface area (TPSA) is 102 Å². The van der Waals surface area contributed by atoms with E-state index in [9.17, 15) is 18.5 Å². The molecule has 1 aliphatic rings. The van der Waals surface area contributed by atoms with Crippen LogP contribution in [0.3, 0.4) is 0 Å². The first-order valence-electron chi connectivity index (χ1n) is 10.8. The van der Waals surface area contributed by atoms with Gasteiger partial charge in [0.1, 0.15) is 10.8 Å². The van der Waals surface area contributed by atoms with Crippen LogP contribution in [0, 0.1) is 10.1 Å². The standard InChI is InChI=1S/C22H28ClN3O6S/c1-2-32-19-6-4-18(5-7-19)17-25(11-3-10-24-12-14-31-15-13-24)33(29,30)20-8-9-21(23)22(16-20)26(27)28/h4-9,16H,2-3,10-15,17H2,1H3. The monoisotopic (exact) mass is 497 g/mol. The van der Waals surface area contributed by atoms with Crippen molar-refractivity contribution < 1.29 is 22.8 Å². The molecule has 0 aromatic heterocycles.